The number of benzene rings is 1. The number of aliphatic hydroxyl groups excluding tert-OH is 2. The molecule has 0 aliphatic carbocycles. The van der Waals surface area contributed by atoms with Gasteiger partial charge >= 0.3 is 6.18 Å². The molecule has 8 heteroatoms. The van der Waals surface area contributed by atoms with Gasteiger partial charge in [-0.05, 0) is 37.0 Å². The van der Waals surface area contributed by atoms with Gasteiger partial charge in [-0.2, -0.15) is 13.2 Å². The zero-order valence-electron chi connectivity index (χ0n) is 13.6. The number of aliphatic hydroxyl groups is 2. The Balaban J connectivity index is 1.65. The largest absolute Gasteiger partial charge is 0.419 e. The lowest BCUT2D eigenvalue weighted by atomic mass is 9.80. The minimum Gasteiger partial charge on any atom is -0.390 e. The fourth-order valence-electron chi connectivity index (χ4n) is 3.65. The molecule has 2 fully saturated rings. The van der Waals surface area contributed by atoms with E-state index >= 15 is 0 Å². The number of nitrogens with zero attached hydrogens (tertiary/aromatic N) is 1. The first-order chi connectivity index (χ1) is 11.7. The third kappa shape index (κ3) is 3.81. The van der Waals surface area contributed by atoms with Crippen molar-refractivity contribution in [3.05, 3.63) is 35.1 Å². The van der Waals surface area contributed by atoms with Gasteiger partial charge in [0.25, 0.3) is 0 Å². The van der Waals surface area contributed by atoms with Crippen molar-refractivity contribution in [2.75, 3.05) is 19.7 Å². The van der Waals surface area contributed by atoms with E-state index < -0.39 is 35.4 Å². The predicted molar refractivity (Wildman–Crippen MR) is 81.2 cm³/mol. The molecule has 1 aromatic rings. The summed E-state index contributed by atoms with van der Waals surface area (Å²) in [6.07, 6.45) is -5.13. The molecule has 2 aliphatic rings. The lowest BCUT2D eigenvalue weighted by molar-refractivity contribution is -0.214. The average Bonchev–Trinajstić information content (AvgIpc) is 2.55. The summed E-state index contributed by atoms with van der Waals surface area (Å²) in [5.74, 6) is -1.28. The number of ether oxygens (including phenoxy) is 1. The van der Waals surface area contributed by atoms with Crippen LogP contribution in [0.1, 0.15) is 30.4 Å². The van der Waals surface area contributed by atoms with Crippen LogP contribution in [0.25, 0.3) is 0 Å². The van der Waals surface area contributed by atoms with Crippen molar-refractivity contribution >= 4 is 0 Å². The van der Waals surface area contributed by atoms with E-state index in [0.717, 1.165) is 12.1 Å². The SMILES string of the molecule is O[C@H]1CCOC2(CCN(Cc3ccc(F)c(C(F)(F)F)c3)CC2)[C@H]1O. The fourth-order valence-corrected chi connectivity index (χ4v) is 3.65. The fraction of sp³-hybridized carbons (Fsp3) is 0.647. The summed E-state index contributed by atoms with van der Waals surface area (Å²) in [7, 11) is 0. The van der Waals surface area contributed by atoms with E-state index in [1.807, 2.05) is 4.90 Å². The van der Waals surface area contributed by atoms with Gasteiger partial charge < -0.3 is 14.9 Å². The number of rotatable bonds is 2. The Bertz CT molecular complexity index is 614. The van der Waals surface area contributed by atoms with Crippen molar-refractivity contribution in [3.63, 3.8) is 0 Å². The molecule has 2 N–H and O–H groups in total. The maximum Gasteiger partial charge on any atom is 0.419 e. The van der Waals surface area contributed by atoms with E-state index in [1.165, 1.54) is 6.07 Å². The van der Waals surface area contributed by atoms with Crippen LogP contribution in [0.4, 0.5) is 17.6 Å². The molecular formula is C17H21F4NO3. The van der Waals surface area contributed by atoms with Gasteiger partial charge in [-0.3, -0.25) is 4.90 Å². The first-order valence-corrected chi connectivity index (χ1v) is 8.29. The summed E-state index contributed by atoms with van der Waals surface area (Å²) >= 11 is 0. The molecule has 0 amide bonds. The van der Waals surface area contributed by atoms with E-state index in [-0.39, 0.29) is 6.54 Å². The molecule has 25 heavy (non-hydrogen) atoms. The summed E-state index contributed by atoms with van der Waals surface area (Å²) < 4.78 is 57.5. The smallest absolute Gasteiger partial charge is 0.390 e. The van der Waals surface area contributed by atoms with Crippen LogP contribution in [0.3, 0.4) is 0 Å². The van der Waals surface area contributed by atoms with Gasteiger partial charge in [0.15, 0.2) is 0 Å². The Labute approximate surface area is 143 Å². The number of hydrogen-bond acceptors (Lipinski definition) is 4. The van der Waals surface area contributed by atoms with E-state index in [0.29, 0.717) is 44.5 Å². The van der Waals surface area contributed by atoms with Crippen LogP contribution in [-0.2, 0) is 17.5 Å². The van der Waals surface area contributed by atoms with Crippen LogP contribution in [0.15, 0.2) is 18.2 Å². The standard InChI is InChI=1S/C17H21F4NO3/c18-13-2-1-11(9-12(13)17(19,20)21)10-22-6-4-16(5-7-22)15(24)14(23)3-8-25-16/h1-2,9,14-15,23-24H,3-8,10H2/t14-,15-/m0/s1. The van der Waals surface area contributed by atoms with Crippen molar-refractivity contribution in [2.24, 2.45) is 0 Å². The first kappa shape index (κ1) is 18.6. The number of hydrogen-bond donors (Lipinski definition) is 2. The minimum atomic E-state index is -4.72. The lowest BCUT2D eigenvalue weighted by Gasteiger charge is -2.48. The molecule has 0 saturated carbocycles. The van der Waals surface area contributed by atoms with Crippen molar-refractivity contribution in [2.45, 2.75) is 49.8 Å². The van der Waals surface area contributed by atoms with E-state index in [9.17, 15) is 27.8 Å². The summed E-state index contributed by atoms with van der Waals surface area (Å²) in [4.78, 5) is 1.94. The lowest BCUT2D eigenvalue weighted by Crippen LogP contribution is -2.59. The molecule has 2 saturated heterocycles. The maximum atomic E-state index is 13.4. The third-order valence-corrected chi connectivity index (χ3v) is 5.15. The summed E-state index contributed by atoms with van der Waals surface area (Å²) in [5.41, 5.74) is -1.66. The first-order valence-electron chi connectivity index (χ1n) is 8.29. The van der Waals surface area contributed by atoms with Gasteiger partial charge in [0, 0.05) is 19.6 Å². The van der Waals surface area contributed by atoms with Gasteiger partial charge in [0.1, 0.15) is 11.9 Å². The van der Waals surface area contributed by atoms with Crippen molar-refractivity contribution in [1.82, 2.24) is 4.90 Å². The highest BCUT2D eigenvalue weighted by molar-refractivity contribution is 5.27. The molecule has 2 aliphatic heterocycles. The molecule has 0 radical (unpaired) electrons. The molecule has 0 bridgehead atoms. The van der Waals surface area contributed by atoms with Crippen LogP contribution in [-0.4, -0.2) is 52.6 Å². The van der Waals surface area contributed by atoms with Crippen LogP contribution < -0.4 is 0 Å². The predicted octanol–water partition coefficient (Wildman–Crippen LogP) is 2.32. The van der Waals surface area contributed by atoms with Gasteiger partial charge in [0.2, 0.25) is 0 Å². The molecule has 3 rings (SSSR count). The molecule has 1 aromatic carbocycles. The van der Waals surface area contributed by atoms with Crippen LogP contribution in [0.2, 0.25) is 0 Å². The zero-order valence-corrected chi connectivity index (χ0v) is 13.6. The molecule has 140 valence electrons. The van der Waals surface area contributed by atoms with Gasteiger partial charge in [0.05, 0.1) is 23.9 Å². The second-order valence-electron chi connectivity index (χ2n) is 6.80. The van der Waals surface area contributed by atoms with E-state index in [4.69, 9.17) is 4.74 Å². The Morgan fingerprint density at radius 3 is 2.52 bits per heavy atom. The molecule has 0 unspecified atom stereocenters. The topological polar surface area (TPSA) is 52.9 Å². The van der Waals surface area contributed by atoms with Crippen LogP contribution in [0, 0.1) is 5.82 Å². The quantitative estimate of drug-likeness (QED) is 0.792. The number of piperidine rings is 1. The summed E-state index contributed by atoms with van der Waals surface area (Å²) in [5, 5.41) is 20.1. The Morgan fingerprint density at radius 2 is 1.88 bits per heavy atom. The Morgan fingerprint density at radius 1 is 1.20 bits per heavy atom. The van der Waals surface area contributed by atoms with Gasteiger partial charge in [-0.1, -0.05) is 6.07 Å². The molecule has 1 spiro atoms. The summed E-state index contributed by atoms with van der Waals surface area (Å²) in [6, 6.07) is 3.04. The molecular weight excluding hydrogens is 342 g/mol. The maximum absolute atomic E-state index is 13.4. The minimum absolute atomic E-state index is 0.262. The molecule has 4 nitrogen and oxygen atoms in total. The molecule has 2 heterocycles. The van der Waals surface area contributed by atoms with Crippen molar-refractivity contribution < 1.29 is 32.5 Å². The highest BCUT2D eigenvalue weighted by Crippen LogP contribution is 2.36. The number of likely N-dealkylation sites (tertiary alicyclic amines) is 1. The third-order valence-electron chi connectivity index (χ3n) is 5.15. The van der Waals surface area contributed by atoms with E-state index in [1.54, 1.807) is 0 Å². The second kappa shape index (κ2) is 6.83. The van der Waals surface area contributed by atoms with Crippen molar-refractivity contribution in [3.8, 4) is 0 Å². The number of halogens is 4. The van der Waals surface area contributed by atoms with Crippen LogP contribution in [0.5, 0.6) is 0 Å². The summed E-state index contributed by atoms with van der Waals surface area (Å²) in [6.45, 7) is 1.67. The highest BCUT2D eigenvalue weighted by Gasteiger charge is 2.47. The monoisotopic (exact) mass is 363 g/mol. The molecule has 2 atom stereocenters. The Hall–Kier alpha value is -1.22. The van der Waals surface area contributed by atoms with Crippen molar-refractivity contribution in [1.29, 1.82) is 0 Å². The highest BCUT2D eigenvalue weighted by atomic mass is 19.4. The average molecular weight is 363 g/mol. The normalized spacial score (nSPS) is 27.6. The van der Waals surface area contributed by atoms with Gasteiger partial charge in [-0.15, -0.1) is 0 Å². The number of alkyl halides is 3. The Kier molecular flexibility index (Phi) is 5.07. The zero-order chi connectivity index (χ0) is 18.2. The van der Waals surface area contributed by atoms with Crippen LogP contribution >= 0.6 is 0 Å². The van der Waals surface area contributed by atoms with E-state index in [2.05, 4.69) is 0 Å². The molecule has 0 aromatic heterocycles. The van der Waals surface area contributed by atoms with Gasteiger partial charge in [-0.25, -0.2) is 4.39 Å². The second-order valence-corrected chi connectivity index (χ2v) is 6.80.